The van der Waals surface area contributed by atoms with Gasteiger partial charge in [-0.1, -0.05) is 42.5 Å². The second-order valence-electron chi connectivity index (χ2n) is 5.79. The van der Waals surface area contributed by atoms with Gasteiger partial charge in [-0.05, 0) is 22.7 Å². The normalized spacial score (nSPS) is 14.6. The summed E-state index contributed by atoms with van der Waals surface area (Å²) in [7, 11) is 3.99. The molecular formula is C20H18N3O+. The molecule has 0 radical (unpaired) electrons. The van der Waals surface area contributed by atoms with E-state index in [1.165, 1.54) is 0 Å². The van der Waals surface area contributed by atoms with Crippen LogP contribution in [0.5, 0.6) is 5.75 Å². The number of aromatic nitrogens is 2. The quantitative estimate of drug-likeness (QED) is 0.679. The number of hydrogen-bond donors (Lipinski definition) is 0. The second-order valence-corrected chi connectivity index (χ2v) is 5.79. The highest BCUT2D eigenvalue weighted by Gasteiger charge is 2.24. The van der Waals surface area contributed by atoms with Crippen molar-refractivity contribution in [3.63, 3.8) is 0 Å². The molecule has 4 heteroatoms. The Bertz CT molecular complexity index is 919. The van der Waals surface area contributed by atoms with Crippen LogP contribution in [0.3, 0.4) is 0 Å². The van der Waals surface area contributed by atoms with Gasteiger partial charge in [0.05, 0.1) is 24.4 Å². The lowest BCUT2D eigenvalue weighted by Crippen LogP contribution is -2.33. The first kappa shape index (κ1) is 14.5. The molecule has 0 saturated carbocycles. The first-order valence-corrected chi connectivity index (χ1v) is 7.86. The third-order valence-corrected chi connectivity index (χ3v) is 4.16. The maximum atomic E-state index is 5.93. The molecule has 118 valence electrons. The second kappa shape index (κ2) is 5.81. The minimum absolute atomic E-state index is 0.770. The van der Waals surface area contributed by atoms with Gasteiger partial charge < -0.3 is 9.64 Å². The smallest absolute Gasteiger partial charge is 0.328 e. The first-order valence-electron chi connectivity index (χ1n) is 7.86. The summed E-state index contributed by atoms with van der Waals surface area (Å²) in [6.07, 6.45) is 5.93. The van der Waals surface area contributed by atoms with Crippen molar-refractivity contribution in [2.45, 2.75) is 0 Å². The number of fused-ring (bicyclic) bond motifs is 1. The molecule has 24 heavy (non-hydrogen) atoms. The monoisotopic (exact) mass is 316 g/mol. The highest BCUT2D eigenvalue weighted by molar-refractivity contribution is 5.69. The standard InChI is InChI=1S/C20H18N3O/c1-22-14-16(15-8-4-3-5-9-15)13-21-19(22)12-20-23(2)17-10-6-7-11-18(17)24-20/h3-14H,1-2H3/q+1. The van der Waals surface area contributed by atoms with Crippen molar-refractivity contribution >= 4 is 11.8 Å². The van der Waals surface area contributed by atoms with Gasteiger partial charge in [-0.25, -0.2) is 4.57 Å². The summed E-state index contributed by atoms with van der Waals surface area (Å²) in [5.41, 5.74) is 3.30. The van der Waals surface area contributed by atoms with E-state index < -0.39 is 0 Å². The van der Waals surface area contributed by atoms with Gasteiger partial charge >= 0.3 is 5.82 Å². The zero-order valence-electron chi connectivity index (χ0n) is 13.7. The largest absolute Gasteiger partial charge is 0.438 e. The van der Waals surface area contributed by atoms with E-state index in [2.05, 4.69) is 23.3 Å². The Balaban J connectivity index is 1.67. The molecular weight excluding hydrogens is 298 g/mol. The minimum atomic E-state index is 0.770. The lowest BCUT2D eigenvalue weighted by atomic mass is 10.1. The third-order valence-electron chi connectivity index (χ3n) is 4.16. The SMILES string of the molecule is CN1C(=Cc2ncc(-c3ccccc3)c[n+]2C)Oc2ccccc21. The van der Waals surface area contributed by atoms with Crippen molar-refractivity contribution in [1.82, 2.24) is 4.98 Å². The summed E-state index contributed by atoms with van der Waals surface area (Å²) in [6, 6.07) is 18.2. The van der Waals surface area contributed by atoms with Crippen molar-refractivity contribution in [1.29, 1.82) is 0 Å². The summed E-state index contributed by atoms with van der Waals surface area (Å²) in [6.45, 7) is 0. The van der Waals surface area contributed by atoms with Crippen LogP contribution in [0.1, 0.15) is 5.82 Å². The molecule has 4 nitrogen and oxygen atoms in total. The number of hydrogen-bond acceptors (Lipinski definition) is 3. The minimum Gasteiger partial charge on any atom is -0.438 e. The molecule has 0 spiro atoms. The molecule has 0 amide bonds. The average molecular weight is 316 g/mol. The summed E-state index contributed by atoms with van der Waals surface area (Å²) < 4.78 is 7.94. The van der Waals surface area contributed by atoms with Gasteiger partial charge in [0.1, 0.15) is 6.20 Å². The van der Waals surface area contributed by atoms with Gasteiger partial charge in [-0.15, -0.1) is 0 Å². The molecule has 1 aliphatic rings. The van der Waals surface area contributed by atoms with Crippen molar-refractivity contribution < 1.29 is 9.30 Å². The number of ether oxygens (including phenoxy) is 1. The number of anilines is 1. The fourth-order valence-corrected chi connectivity index (χ4v) is 2.81. The van der Waals surface area contributed by atoms with Crippen molar-refractivity contribution in [3.8, 4) is 16.9 Å². The van der Waals surface area contributed by atoms with Crippen LogP contribution >= 0.6 is 0 Å². The number of para-hydroxylation sites is 2. The van der Waals surface area contributed by atoms with Gasteiger partial charge in [0.2, 0.25) is 5.88 Å². The van der Waals surface area contributed by atoms with Crippen LogP contribution in [0, 0.1) is 0 Å². The highest BCUT2D eigenvalue weighted by Crippen LogP contribution is 2.37. The third kappa shape index (κ3) is 2.52. The lowest BCUT2D eigenvalue weighted by Gasteiger charge is -2.10. The van der Waals surface area contributed by atoms with Crippen LogP contribution in [-0.2, 0) is 7.05 Å². The van der Waals surface area contributed by atoms with Crippen LogP contribution in [0.4, 0.5) is 5.69 Å². The molecule has 0 saturated heterocycles. The average Bonchev–Trinajstić information content (AvgIpc) is 2.94. The van der Waals surface area contributed by atoms with Crippen LogP contribution in [-0.4, -0.2) is 12.0 Å². The molecule has 2 aromatic carbocycles. The van der Waals surface area contributed by atoms with E-state index in [9.17, 15) is 0 Å². The number of nitrogens with zero attached hydrogens (tertiary/aromatic N) is 3. The van der Waals surface area contributed by atoms with Gasteiger partial charge in [0.15, 0.2) is 11.9 Å². The van der Waals surface area contributed by atoms with E-state index in [1.807, 2.05) is 78.3 Å². The predicted octanol–water partition coefficient (Wildman–Crippen LogP) is 3.40. The molecule has 0 N–H and O–H groups in total. The molecule has 2 heterocycles. The number of benzene rings is 2. The molecule has 4 rings (SSSR count). The molecule has 0 bridgehead atoms. The maximum Gasteiger partial charge on any atom is 0.328 e. The highest BCUT2D eigenvalue weighted by atomic mass is 16.5. The molecule has 0 fully saturated rings. The Labute approximate surface area is 141 Å². The first-order chi connectivity index (χ1) is 11.7. The fraction of sp³-hybridized carbons (Fsp3) is 0.100. The predicted molar refractivity (Wildman–Crippen MR) is 94.3 cm³/mol. The van der Waals surface area contributed by atoms with E-state index in [0.29, 0.717) is 0 Å². The van der Waals surface area contributed by atoms with Gasteiger partial charge in [0.25, 0.3) is 0 Å². The molecule has 0 atom stereocenters. The van der Waals surface area contributed by atoms with Crippen molar-refractivity contribution in [2.75, 3.05) is 11.9 Å². The van der Waals surface area contributed by atoms with E-state index in [1.54, 1.807) is 0 Å². The number of aryl methyl sites for hydroxylation is 1. The Morgan fingerprint density at radius 3 is 2.50 bits per heavy atom. The zero-order chi connectivity index (χ0) is 16.5. The molecule has 3 aromatic rings. The summed E-state index contributed by atoms with van der Waals surface area (Å²) in [5, 5.41) is 0. The van der Waals surface area contributed by atoms with Crippen LogP contribution in [0.25, 0.3) is 17.2 Å². The van der Waals surface area contributed by atoms with Gasteiger partial charge in [0, 0.05) is 7.05 Å². The van der Waals surface area contributed by atoms with Crippen molar-refractivity contribution in [2.24, 2.45) is 7.05 Å². The summed E-state index contributed by atoms with van der Waals surface area (Å²) in [4.78, 5) is 6.63. The fourth-order valence-electron chi connectivity index (χ4n) is 2.81. The van der Waals surface area contributed by atoms with E-state index in [-0.39, 0.29) is 0 Å². The van der Waals surface area contributed by atoms with Crippen LogP contribution in [0.15, 0.2) is 72.9 Å². The van der Waals surface area contributed by atoms with Crippen molar-refractivity contribution in [3.05, 3.63) is 78.7 Å². The van der Waals surface area contributed by atoms with E-state index >= 15 is 0 Å². The zero-order valence-corrected chi connectivity index (χ0v) is 13.7. The Hall–Kier alpha value is -3.14. The molecule has 1 aliphatic heterocycles. The van der Waals surface area contributed by atoms with E-state index in [4.69, 9.17) is 4.74 Å². The topological polar surface area (TPSA) is 29.2 Å². The Morgan fingerprint density at radius 2 is 1.75 bits per heavy atom. The van der Waals surface area contributed by atoms with Gasteiger partial charge in [-0.2, -0.15) is 0 Å². The van der Waals surface area contributed by atoms with Crippen LogP contribution in [0.2, 0.25) is 0 Å². The number of rotatable bonds is 2. The summed E-state index contributed by atoms with van der Waals surface area (Å²) >= 11 is 0. The molecule has 1 aromatic heterocycles. The molecule has 0 aliphatic carbocycles. The maximum absolute atomic E-state index is 5.93. The Morgan fingerprint density at radius 1 is 1.00 bits per heavy atom. The van der Waals surface area contributed by atoms with Gasteiger partial charge in [-0.3, -0.25) is 0 Å². The Kier molecular flexibility index (Phi) is 3.50. The molecule has 0 unspecified atom stereocenters. The lowest BCUT2D eigenvalue weighted by molar-refractivity contribution is -0.675. The van der Waals surface area contributed by atoms with E-state index in [0.717, 1.165) is 34.3 Å². The summed E-state index contributed by atoms with van der Waals surface area (Å²) in [5.74, 6) is 2.48. The van der Waals surface area contributed by atoms with Crippen LogP contribution < -0.4 is 14.2 Å².